The number of carboxylic acid groups (broad SMARTS) is 2. The van der Waals surface area contributed by atoms with Crippen LogP contribution in [-0.4, -0.2) is 183 Å². The number of primary amides is 2. The molecular formula is C55H78N12O17S2. The van der Waals surface area contributed by atoms with Crippen LogP contribution in [0.5, 0.6) is 5.75 Å². The third-order valence-corrected chi connectivity index (χ3v) is 14.7. The van der Waals surface area contributed by atoms with Gasteiger partial charge in [-0.1, -0.05) is 70.2 Å². The number of phenolic OH excluding ortho intramolecular Hbond substituents is 1. The lowest BCUT2D eigenvalue weighted by Gasteiger charge is -2.27. The molecule has 0 spiro atoms. The first-order chi connectivity index (χ1) is 40.6. The Morgan fingerprint density at radius 3 is 1.51 bits per heavy atom. The van der Waals surface area contributed by atoms with Gasteiger partial charge in [-0.05, 0) is 72.8 Å². The molecule has 0 aliphatic carbocycles. The maximum absolute atomic E-state index is 14.4. The average Bonchev–Trinajstić information content (AvgIpc) is 3.53. The SMILES string of the molecule is CSCC[C@@H]1NC(=O)CNC(=O)[C@H](C(C)C)NC(=O)[C@H](CC(N)=O)NC(=O)[C@H](CCC(=O)O)NC(=O)[C@H](Cc2ccccc2)NC(=O)CSC[C@@H](C(N)=O)NC(=O)[C@H](CC(C)C)NC(=O)[C@H](CCC(=O)O)NC(=O)[C@H](Cc2ccc(O)cc2)NC1=O. The van der Waals surface area contributed by atoms with Gasteiger partial charge in [0.25, 0.3) is 0 Å². The van der Waals surface area contributed by atoms with E-state index in [1.165, 1.54) is 49.9 Å². The zero-order valence-electron chi connectivity index (χ0n) is 48.3. The van der Waals surface area contributed by atoms with E-state index in [0.717, 1.165) is 11.8 Å². The van der Waals surface area contributed by atoms with E-state index in [4.69, 9.17) is 11.5 Å². The first-order valence-electron chi connectivity index (χ1n) is 27.5. The number of hydrogen-bond acceptors (Lipinski definition) is 17. The molecule has 0 radical (unpaired) electrons. The zero-order chi connectivity index (χ0) is 64.2. The summed E-state index contributed by atoms with van der Waals surface area (Å²) < 4.78 is 0. The van der Waals surface area contributed by atoms with Crippen LogP contribution in [0, 0.1) is 11.8 Å². The Morgan fingerprint density at radius 1 is 0.558 bits per heavy atom. The fraction of sp³-hybridized carbons (Fsp3) is 0.527. The molecule has 31 heteroatoms. The quantitative estimate of drug-likeness (QED) is 0.0664. The van der Waals surface area contributed by atoms with Crippen LogP contribution in [0.3, 0.4) is 0 Å². The predicted octanol–water partition coefficient (Wildman–Crippen LogP) is -3.05. The highest BCUT2D eigenvalue weighted by atomic mass is 32.2. The summed E-state index contributed by atoms with van der Waals surface area (Å²) in [6.45, 7) is 5.64. The van der Waals surface area contributed by atoms with E-state index in [2.05, 4.69) is 53.2 Å². The van der Waals surface area contributed by atoms with Gasteiger partial charge in [-0.15, -0.1) is 11.8 Å². The first kappa shape index (κ1) is 71.8. The van der Waals surface area contributed by atoms with Gasteiger partial charge in [0, 0.05) is 31.4 Å². The molecule has 3 rings (SSSR count). The van der Waals surface area contributed by atoms with Crippen molar-refractivity contribution >= 4 is 106 Å². The minimum absolute atomic E-state index is 0.0414. The fourth-order valence-corrected chi connectivity index (χ4v) is 9.81. The summed E-state index contributed by atoms with van der Waals surface area (Å²) in [5.41, 5.74) is 12.1. The molecular weight excluding hydrogens is 1160 g/mol. The second-order valence-corrected chi connectivity index (χ2v) is 23.0. The third-order valence-electron chi connectivity index (χ3n) is 13.0. The molecule has 29 nitrogen and oxygen atoms in total. The highest BCUT2D eigenvalue weighted by Gasteiger charge is 2.36. The number of aromatic hydroxyl groups is 1. The van der Waals surface area contributed by atoms with E-state index in [-0.39, 0.29) is 48.9 Å². The number of rotatable bonds is 19. The van der Waals surface area contributed by atoms with Crippen molar-refractivity contribution in [1.82, 2.24) is 53.2 Å². The molecule has 0 unspecified atom stereocenters. The Hall–Kier alpha value is -8.48. The number of thioether (sulfide) groups is 2. The van der Waals surface area contributed by atoms with Crippen molar-refractivity contribution in [1.29, 1.82) is 0 Å². The van der Waals surface area contributed by atoms with Crippen LogP contribution in [0.4, 0.5) is 0 Å². The molecule has 0 aromatic heterocycles. The van der Waals surface area contributed by atoms with Crippen molar-refractivity contribution in [3.63, 3.8) is 0 Å². The number of amides is 12. The number of carboxylic acids is 2. The van der Waals surface area contributed by atoms with Gasteiger partial charge in [0.05, 0.1) is 18.7 Å². The van der Waals surface area contributed by atoms with Crippen molar-refractivity contribution < 1.29 is 82.4 Å². The molecule has 17 N–H and O–H groups in total. The molecule has 86 heavy (non-hydrogen) atoms. The summed E-state index contributed by atoms with van der Waals surface area (Å²) in [5, 5.41) is 53.9. The van der Waals surface area contributed by atoms with Crippen LogP contribution >= 0.6 is 23.5 Å². The molecule has 1 heterocycles. The Bertz CT molecular complexity index is 2740. The van der Waals surface area contributed by atoms with Gasteiger partial charge in [-0.3, -0.25) is 67.1 Å². The minimum Gasteiger partial charge on any atom is -0.508 e. The molecule has 0 saturated carbocycles. The van der Waals surface area contributed by atoms with Crippen LogP contribution < -0.4 is 64.6 Å². The van der Waals surface area contributed by atoms with Crippen molar-refractivity contribution in [2.45, 2.75) is 140 Å². The summed E-state index contributed by atoms with van der Waals surface area (Å²) in [6.07, 6.45) is -2.26. The Labute approximate surface area is 504 Å². The van der Waals surface area contributed by atoms with Crippen molar-refractivity contribution in [3.05, 3.63) is 65.7 Å². The van der Waals surface area contributed by atoms with Gasteiger partial charge in [-0.25, -0.2) is 0 Å². The molecule has 2 aromatic rings. The van der Waals surface area contributed by atoms with Gasteiger partial charge in [-0.2, -0.15) is 11.8 Å². The standard InChI is InChI=1S/C55H78N12O17S2/c1-28(2)21-36-51(80)66-40(47(57)76)26-86-27-43(71)60-37(22-30-9-7-6-8-10-30)52(81)61-34(16-18-45(74)75)49(78)65-39(24-41(56)69)54(83)67-46(29(3)4)55(84)58-25-42(70)59-35(19-20-85-5)50(79)64-38(23-31-11-13-32(68)14-12-31)53(82)62-33(48(77)63-36)15-17-44(72)73/h6-14,28-29,33-40,46,68H,15-27H2,1-5H3,(H2,56,69)(H2,57,76)(H,58,84)(H,59,70)(H,60,71)(H,61,81)(H,62,82)(H,63,77)(H,64,79)(H,65,78)(H,66,80)(H,67,83)(H,72,73)(H,74,75)/t33-,34-,35-,36-,37-,38-,39-,40-,46-/m0/s1. The summed E-state index contributed by atoms with van der Waals surface area (Å²) in [5.74, 6) is -16.6. The van der Waals surface area contributed by atoms with Gasteiger partial charge < -0.3 is 80.0 Å². The summed E-state index contributed by atoms with van der Waals surface area (Å²) in [4.78, 5) is 189. The Morgan fingerprint density at radius 2 is 1.01 bits per heavy atom. The summed E-state index contributed by atoms with van der Waals surface area (Å²) >= 11 is 2.08. The number of hydrogen-bond donors (Lipinski definition) is 15. The van der Waals surface area contributed by atoms with Crippen LogP contribution in [0.2, 0.25) is 0 Å². The van der Waals surface area contributed by atoms with E-state index in [1.807, 2.05) is 0 Å². The lowest BCUT2D eigenvalue weighted by molar-refractivity contribution is -0.139. The predicted molar refractivity (Wildman–Crippen MR) is 314 cm³/mol. The number of phenols is 1. The van der Waals surface area contributed by atoms with Gasteiger partial charge in [0.15, 0.2) is 0 Å². The number of carbonyl (C=O) groups excluding carboxylic acids is 12. The van der Waals surface area contributed by atoms with Crippen LogP contribution in [0.15, 0.2) is 54.6 Å². The number of nitrogens with one attached hydrogen (secondary N) is 10. The Kier molecular flexibility index (Phi) is 30.4. The molecule has 9 atom stereocenters. The fourth-order valence-electron chi connectivity index (χ4n) is 8.47. The monoisotopic (exact) mass is 1240 g/mol. The molecule has 0 bridgehead atoms. The van der Waals surface area contributed by atoms with Crippen LogP contribution in [-0.2, 0) is 80.0 Å². The summed E-state index contributed by atoms with van der Waals surface area (Å²) in [6, 6.07) is -0.369. The number of aliphatic carboxylic acids is 2. The molecule has 472 valence electrons. The van der Waals surface area contributed by atoms with E-state index >= 15 is 0 Å². The highest BCUT2D eigenvalue weighted by Crippen LogP contribution is 2.15. The zero-order valence-corrected chi connectivity index (χ0v) is 49.9. The molecule has 12 amide bonds. The van der Waals surface area contributed by atoms with Gasteiger partial charge in [0.2, 0.25) is 70.9 Å². The number of carbonyl (C=O) groups is 14. The van der Waals surface area contributed by atoms with E-state index in [9.17, 15) is 82.4 Å². The van der Waals surface area contributed by atoms with Crippen LogP contribution in [0.25, 0.3) is 0 Å². The summed E-state index contributed by atoms with van der Waals surface area (Å²) in [7, 11) is 0. The highest BCUT2D eigenvalue weighted by molar-refractivity contribution is 8.00. The maximum Gasteiger partial charge on any atom is 0.303 e. The Balaban J connectivity index is 2.17. The smallest absolute Gasteiger partial charge is 0.303 e. The molecule has 1 saturated heterocycles. The first-order valence-corrected chi connectivity index (χ1v) is 30.0. The second-order valence-electron chi connectivity index (χ2n) is 21.0. The third kappa shape index (κ3) is 26.2. The van der Waals surface area contributed by atoms with E-state index in [0.29, 0.717) is 11.1 Å². The molecule has 1 aliphatic rings. The largest absolute Gasteiger partial charge is 0.508 e. The van der Waals surface area contributed by atoms with Gasteiger partial charge >= 0.3 is 11.9 Å². The van der Waals surface area contributed by atoms with E-state index < -0.39 is 188 Å². The van der Waals surface area contributed by atoms with Crippen molar-refractivity contribution in [3.8, 4) is 5.75 Å². The lowest BCUT2D eigenvalue weighted by Crippen LogP contribution is -2.60. The normalized spacial score (nSPS) is 23.5. The topological polar surface area (TPSA) is 472 Å². The number of benzene rings is 2. The van der Waals surface area contributed by atoms with Crippen molar-refractivity contribution in [2.75, 3.05) is 30.1 Å². The maximum atomic E-state index is 14.4. The van der Waals surface area contributed by atoms with E-state index in [1.54, 1.807) is 50.4 Å². The van der Waals surface area contributed by atoms with Gasteiger partial charge in [0.1, 0.15) is 60.1 Å². The van der Waals surface area contributed by atoms with Crippen molar-refractivity contribution in [2.24, 2.45) is 23.3 Å². The molecule has 1 aliphatic heterocycles. The molecule has 1 fully saturated rings. The average molecular weight is 1240 g/mol. The number of nitrogens with two attached hydrogens (primary N) is 2. The minimum atomic E-state index is -1.84. The molecule has 2 aromatic carbocycles. The van der Waals surface area contributed by atoms with Crippen LogP contribution in [0.1, 0.15) is 83.8 Å². The second kappa shape index (κ2) is 36.4. The lowest BCUT2D eigenvalue weighted by atomic mass is 10.0.